The van der Waals surface area contributed by atoms with Crippen LogP contribution in [0.15, 0.2) is 10.7 Å². The highest BCUT2D eigenvalue weighted by atomic mass is 79.9. The summed E-state index contributed by atoms with van der Waals surface area (Å²) < 4.78 is 9.16. The minimum absolute atomic E-state index is 0.0767. The number of hydrogen-bond acceptors (Lipinski definition) is 3. The molecular weight excluding hydrogens is 384 g/mol. The van der Waals surface area contributed by atoms with Crippen LogP contribution >= 0.6 is 15.9 Å². The van der Waals surface area contributed by atoms with Gasteiger partial charge in [-0.15, -0.1) is 0 Å². The van der Waals surface area contributed by atoms with E-state index in [2.05, 4.69) is 53.2 Å². The maximum absolute atomic E-state index is 11.9. The maximum Gasteiger partial charge on any atom is 0.407 e. The number of rotatable bonds is 8. The Balaban J connectivity index is 2.81. The van der Waals surface area contributed by atoms with Gasteiger partial charge in [-0.2, -0.15) is 5.10 Å². The molecule has 6 nitrogen and oxygen atoms in total. The first-order chi connectivity index (χ1) is 11.5. The lowest BCUT2D eigenvalue weighted by Gasteiger charge is -2.35. The second kappa shape index (κ2) is 9.03. The van der Waals surface area contributed by atoms with Crippen molar-refractivity contribution in [2.75, 3.05) is 19.6 Å². The van der Waals surface area contributed by atoms with Crippen molar-refractivity contribution in [1.82, 2.24) is 15.1 Å². The SMILES string of the molecule is CC[N+](CC)(CC)Cc1cc(Br)nn1C[C@H](C)NC(=O)OC(C)(C)C. The van der Waals surface area contributed by atoms with E-state index in [-0.39, 0.29) is 6.04 Å². The van der Waals surface area contributed by atoms with Crippen LogP contribution in [0.1, 0.15) is 54.2 Å². The van der Waals surface area contributed by atoms with Crippen LogP contribution in [0.5, 0.6) is 0 Å². The third-order valence-electron chi connectivity index (χ3n) is 4.55. The van der Waals surface area contributed by atoms with Gasteiger partial charge in [0.2, 0.25) is 0 Å². The molecular formula is C18H34BrN4O2+. The summed E-state index contributed by atoms with van der Waals surface area (Å²) >= 11 is 3.49. The van der Waals surface area contributed by atoms with E-state index in [1.807, 2.05) is 32.4 Å². The molecule has 144 valence electrons. The minimum Gasteiger partial charge on any atom is -0.444 e. The van der Waals surface area contributed by atoms with Crippen LogP contribution < -0.4 is 5.32 Å². The van der Waals surface area contributed by atoms with Gasteiger partial charge in [0.1, 0.15) is 16.7 Å². The van der Waals surface area contributed by atoms with Gasteiger partial charge in [-0.3, -0.25) is 4.68 Å². The Hall–Kier alpha value is -1.08. The average Bonchev–Trinajstić information content (AvgIpc) is 2.81. The molecule has 1 heterocycles. The summed E-state index contributed by atoms with van der Waals surface area (Å²) in [7, 11) is 0. The van der Waals surface area contributed by atoms with Gasteiger partial charge >= 0.3 is 6.09 Å². The summed E-state index contributed by atoms with van der Waals surface area (Å²) in [6, 6.07) is 2.00. The fourth-order valence-electron chi connectivity index (χ4n) is 2.87. The largest absolute Gasteiger partial charge is 0.444 e. The van der Waals surface area contributed by atoms with E-state index >= 15 is 0 Å². The summed E-state index contributed by atoms with van der Waals surface area (Å²) in [5.41, 5.74) is 0.680. The van der Waals surface area contributed by atoms with Crippen molar-refractivity contribution in [3.8, 4) is 0 Å². The molecule has 0 aliphatic heterocycles. The zero-order valence-corrected chi connectivity index (χ0v) is 18.3. The third kappa shape index (κ3) is 6.98. The van der Waals surface area contributed by atoms with Gasteiger partial charge in [0.15, 0.2) is 0 Å². The molecule has 0 saturated heterocycles. The molecule has 1 N–H and O–H groups in total. The highest BCUT2D eigenvalue weighted by Gasteiger charge is 2.25. The Bertz CT molecular complexity index is 554. The van der Waals surface area contributed by atoms with E-state index in [0.29, 0.717) is 6.54 Å². The van der Waals surface area contributed by atoms with Crippen LogP contribution in [0, 0.1) is 0 Å². The third-order valence-corrected chi connectivity index (χ3v) is 4.94. The molecule has 0 bridgehead atoms. The highest BCUT2D eigenvalue weighted by Crippen LogP contribution is 2.18. The molecule has 0 fully saturated rings. The number of carbonyl (C=O) groups excluding carboxylic acids is 1. The van der Waals surface area contributed by atoms with Gasteiger partial charge in [0.05, 0.1) is 31.9 Å². The molecule has 0 aromatic carbocycles. The van der Waals surface area contributed by atoms with E-state index in [1.54, 1.807) is 0 Å². The molecule has 1 rings (SSSR count). The Morgan fingerprint density at radius 1 is 1.32 bits per heavy atom. The number of nitrogens with one attached hydrogen (secondary N) is 1. The van der Waals surface area contributed by atoms with Crippen LogP contribution in [-0.4, -0.2) is 51.6 Å². The molecule has 0 unspecified atom stereocenters. The summed E-state index contributed by atoms with van der Waals surface area (Å²) in [4.78, 5) is 11.9. The van der Waals surface area contributed by atoms with Crippen molar-refractivity contribution in [3.05, 3.63) is 16.4 Å². The van der Waals surface area contributed by atoms with E-state index in [9.17, 15) is 4.79 Å². The Kier molecular flexibility index (Phi) is 7.93. The number of hydrogen-bond donors (Lipinski definition) is 1. The average molecular weight is 418 g/mol. The van der Waals surface area contributed by atoms with Crippen molar-refractivity contribution in [3.63, 3.8) is 0 Å². The molecule has 0 saturated carbocycles. The monoisotopic (exact) mass is 417 g/mol. The number of quaternary nitrogens is 1. The fraction of sp³-hybridized carbons (Fsp3) is 0.778. The van der Waals surface area contributed by atoms with Gasteiger partial charge in [-0.1, -0.05) is 0 Å². The lowest BCUT2D eigenvalue weighted by Crippen LogP contribution is -2.47. The number of amides is 1. The van der Waals surface area contributed by atoms with Crippen molar-refractivity contribution >= 4 is 22.0 Å². The molecule has 0 aliphatic carbocycles. The second-order valence-electron chi connectivity index (χ2n) is 7.64. The number of aromatic nitrogens is 2. The van der Waals surface area contributed by atoms with Crippen LogP contribution in [0.4, 0.5) is 4.79 Å². The Labute approximate surface area is 160 Å². The lowest BCUT2D eigenvalue weighted by atomic mass is 10.2. The Morgan fingerprint density at radius 3 is 2.36 bits per heavy atom. The number of halogens is 1. The number of carbonyl (C=O) groups is 1. The summed E-state index contributed by atoms with van der Waals surface area (Å²) in [6.07, 6.45) is -0.395. The maximum atomic E-state index is 11.9. The normalized spacial score (nSPS) is 13.6. The smallest absolute Gasteiger partial charge is 0.407 e. The van der Waals surface area contributed by atoms with Gasteiger partial charge in [0.25, 0.3) is 0 Å². The molecule has 1 aromatic heterocycles. The zero-order valence-electron chi connectivity index (χ0n) is 16.7. The number of nitrogens with zero attached hydrogens (tertiary/aromatic N) is 3. The lowest BCUT2D eigenvalue weighted by molar-refractivity contribution is -0.936. The molecule has 25 heavy (non-hydrogen) atoms. The van der Waals surface area contributed by atoms with E-state index in [4.69, 9.17) is 4.74 Å². The molecule has 0 radical (unpaired) electrons. The van der Waals surface area contributed by atoms with Crippen LogP contribution in [0.25, 0.3) is 0 Å². The predicted octanol–water partition coefficient (Wildman–Crippen LogP) is 3.94. The Morgan fingerprint density at radius 2 is 1.88 bits per heavy atom. The van der Waals surface area contributed by atoms with Crippen LogP contribution in [-0.2, 0) is 17.8 Å². The van der Waals surface area contributed by atoms with Gasteiger partial charge in [-0.25, -0.2) is 4.79 Å². The number of ether oxygens (including phenoxy) is 1. The first kappa shape index (κ1) is 22.0. The van der Waals surface area contributed by atoms with Crippen LogP contribution in [0.2, 0.25) is 0 Å². The fourth-order valence-corrected chi connectivity index (χ4v) is 3.33. The van der Waals surface area contributed by atoms with Crippen molar-refractivity contribution < 1.29 is 14.0 Å². The molecule has 1 amide bonds. The van der Waals surface area contributed by atoms with Crippen molar-refractivity contribution in [2.45, 2.75) is 73.2 Å². The van der Waals surface area contributed by atoms with Gasteiger partial charge in [0, 0.05) is 6.04 Å². The van der Waals surface area contributed by atoms with E-state index in [1.165, 1.54) is 5.69 Å². The predicted molar refractivity (Wildman–Crippen MR) is 104 cm³/mol. The zero-order chi connectivity index (χ0) is 19.3. The van der Waals surface area contributed by atoms with E-state index in [0.717, 1.165) is 35.3 Å². The first-order valence-corrected chi connectivity index (χ1v) is 9.90. The second-order valence-corrected chi connectivity index (χ2v) is 8.45. The quantitative estimate of drug-likeness (QED) is 0.651. The number of alkyl carbamates (subject to hydrolysis) is 1. The first-order valence-electron chi connectivity index (χ1n) is 9.11. The summed E-state index contributed by atoms with van der Waals surface area (Å²) in [5.74, 6) is 0. The molecule has 7 heteroatoms. The van der Waals surface area contributed by atoms with Gasteiger partial charge < -0.3 is 14.5 Å². The molecule has 1 aromatic rings. The summed E-state index contributed by atoms with van der Waals surface area (Å²) in [6.45, 7) is 19.0. The van der Waals surface area contributed by atoms with Crippen molar-refractivity contribution in [2.24, 2.45) is 0 Å². The minimum atomic E-state index is -0.496. The summed E-state index contributed by atoms with van der Waals surface area (Å²) in [5, 5.41) is 7.43. The van der Waals surface area contributed by atoms with E-state index < -0.39 is 11.7 Å². The molecule has 1 atom stereocenters. The van der Waals surface area contributed by atoms with Crippen LogP contribution in [0.3, 0.4) is 0 Å². The standard InChI is InChI=1S/C18H33BrN4O2/c1-8-23(9-2,10-3)13-15-11-16(19)21-22(15)12-14(4)20-17(24)25-18(5,6)7/h11,14H,8-10,12-13H2,1-7H3/p+1/t14-/m0/s1. The molecule has 0 spiro atoms. The van der Waals surface area contributed by atoms with Crippen molar-refractivity contribution in [1.29, 1.82) is 0 Å². The van der Waals surface area contributed by atoms with Gasteiger partial charge in [-0.05, 0) is 70.5 Å². The molecule has 0 aliphatic rings. The topological polar surface area (TPSA) is 56.2 Å². The highest BCUT2D eigenvalue weighted by molar-refractivity contribution is 9.10.